The van der Waals surface area contributed by atoms with E-state index in [0.717, 1.165) is 6.42 Å². The lowest BCUT2D eigenvalue weighted by Gasteiger charge is -2.14. The molecule has 19 heavy (non-hydrogen) atoms. The third kappa shape index (κ3) is 2.03. The Bertz CT molecular complexity index is 616. The van der Waals surface area contributed by atoms with Gasteiger partial charge in [-0.2, -0.15) is 9.97 Å². The van der Waals surface area contributed by atoms with Crippen LogP contribution in [0, 0.1) is 5.92 Å². The molecule has 1 fully saturated rings. The van der Waals surface area contributed by atoms with E-state index in [2.05, 4.69) is 21.9 Å². The summed E-state index contributed by atoms with van der Waals surface area (Å²) < 4.78 is 12.9. The Morgan fingerprint density at radius 3 is 3.00 bits per heavy atom. The van der Waals surface area contributed by atoms with E-state index in [1.165, 1.54) is 0 Å². The molecule has 0 aliphatic carbocycles. The van der Waals surface area contributed by atoms with E-state index in [1.807, 2.05) is 4.57 Å². The number of hydrogen-bond acceptors (Lipinski definition) is 6. The zero-order valence-corrected chi connectivity index (χ0v) is 11.3. The average molecular weight is 284 g/mol. The second-order valence-corrected chi connectivity index (χ2v) is 4.95. The van der Waals surface area contributed by atoms with Gasteiger partial charge in [0, 0.05) is 19.4 Å². The lowest BCUT2D eigenvalue weighted by molar-refractivity contribution is -0.144. The van der Waals surface area contributed by atoms with Crippen LogP contribution in [0.4, 0.5) is 5.82 Å². The standard InChI is InChI=1S/C11H14ClN5O2/c1-5-3-6(19-10(5)18-2)17-4-14-7-8(13)15-11(12)16-9(7)17/h4-6,10H,3H2,1-2H3,(H2,13,15,16)/t5-,6+,10-/m0/s1. The van der Waals surface area contributed by atoms with E-state index >= 15 is 0 Å². The summed E-state index contributed by atoms with van der Waals surface area (Å²) in [5, 5.41) is 0.0982. The summed E-state index contributed by atoms with van der Waals surface area (Å²) in [4.78, 5) is 12.3. The lowest BCUT2D eigenvalue weighted by atomic mass is 10.1. The quantitative estimate of drug-likeness (QED) is 0.842. The monoisotopic (exact) mass is 283 g/mol. The number of anilines is 1. The third-order valence-corrected chi connectivity index (χ3v) is 3.46. The Morgan fingerprint density at radius 1 is 1.53 bits per heavy atom. The number of imidazole rings is 1. The number of fused-ring (bicyclic) bond motifs is 1. The van der Waals surface area contributed by atoms with Crippen LogP contribution < -0.4 is 5.73 Å². The van der Waals surface area contributed by atoms with Crippen molar-refractivity contribution in [2.75, 3.05) is 12.8 Å². The highest BCUT2D eigenvalue weighted by Crippen LogP contribution is 2.35. The van der Waals surface area contributed by atoms with Gasteiger partial charge in [0.05, 0.1) is 6.33 Å². The first-order valence-corrected chi connectivity index (χ1v) is 6.31. The largest absolute Gasteiger partial charge is 0.382 e. The first-order valence-electron chi connectivity index (χ1n) is 5.94. The topological polar surface area (TPSA) is 88.1 Å². The van der Waals surface area contributed by atoms with Crippen molar-refractivity contribution in [3.8, 4) is 0 Å². The van der Waals surface area contributed by atoms with Gasteiger partial charge in [0.25, 0.3) is 0 Å². The summed E-state index contributed by atoms with van der Waals surface area (Å²) >= 11 is 5.84. The van der Waals surface area contributed by atoms with Crippen LogP contribution in [0.25, 0.3) is 11.2 Å². The van der Waals surface area contributed by atoms with E-state index in [9.17, 15) is 0 Å². The molecule has 3 heterocycles. The first-order chi connectivity index (χ1) is 9.10. The fraction of sp³-hybridized carbons (Fsp3) is 0.545. The highest BCUT2D eigenvalue weighted by Gasteiger charge is 2.34. The first kappa shape index (κ1) is 12.6. The molecule has 8 heteroatoms. The lowest BCUT2D eigenvalue weighted by Crippen LogP contribution is -2.16. The number of nitrogens with zero attached hydrogens (tertiary/aromatic N) is 4. The van der Waals surface area contributed by atoms with Gasteiger partial charge in [-0.05, 0) is 11.6 Å². The minimum atomic E-state index is -0.225. The number of hydrogen-bond donors (Lipinski definition) is 1. The van der Waals surface area contributed by atoms with Crippen molar-refractivity contribution in [3.63, 3.8) is 0 Å². The van der Waals surface area contributed by atoms with Gasteiger partial charge < -0.3 is 15.2 Å². The zero-order chi connectivity index (χ0) is 13.6. The molecule has 0 bridgehead atoms. The Morgan fingerprint density at radius 2 is 2.32 bits per heavy atom. The molecular formula is C11H14ClN5O2. The fourth-order valence-corrected chi connectivity index (χ4v) is 2.53. The maximum Gasteiger partial charge on any atom is 0.226 e. The van der Waals surface area contributed by atoms with E-state index < -0.39 is 0 Å². The summed E-state index contributed by atoms with van der Waals surface area (Å²) in [5.41, 5.74) is 6.88. The zero-order valence-electron chi connectivity index (χ0n) is 10.6. The molecule has 1 aliphatic heterocycles. The Hall–Kier alpha value is -1.44. The summed E-state index contributed by atoms with van der Waals surface area (Å²) in [6.07, 6.45) is 2.04. The van der Waals surface area contributed by atoms with Crippen LogP contribution in [0.2, 0.25) is 5.28 Å². The minimum Gasteiger partial charge on any atom is -0.382 e. The highest BCUT2D eigenvalue weighted by atomic mass is 35.5. The van der Waals surface area contributed by atoms with Crippen LogP contribution in [0.3, 0.4) is 0 Å². The van der Waals surface area contributed by atoms with Crippen molar-refractivity contribution in [3.05, 3.63) is 11.6 Å². The number of rotatable bonds is 2. The predicted octanol–water partition coefficient (Wildman–Crippen LogP) is 1.59. The van der Waals surface area contributed by atoms with Crippen LogP contribution >= 0.6 is 11.6 Å². The molecule has 102 valence electrons. The molecule has 2 aromatic heterocycles. The predicted molar refractivity (Wildman–Crippen MR) is 69.4 cm³/mol. The summed E-state index contributed by atoms with van der Waals surface area (Å²) in [7, 11) is 1.63. The van der Waals surface area contributed by atoms with Crippen LogP contribution in [0.1, 0.15) is 19.6 Å². The molecule has 3 rings (SSSR count). The molecule has 2 N–H and O–H groups in total. The molecule has 1 saturated heterocycles. The van der Waals surface area contributed by atoms with Crippen LogP contribution in [0.5, 0.6) is 0 Å². The second-order valence-electron chi connectivity index (χ2n) is 4.61. The average Bonchev–Trinajstić information content (AvgIpc) is 2.92. The SMILES string of the molecule is CO[C@H]1O[C@@H](n2cnc3c(N)nc(Cl)nc32)C[C@@H]1C. The van der Waals surface area contributed by atoms with Crippen molar-refractivity contribution < 1.29 is 9.47 Å². The number of aromatic nitrogens is 4. The van der Waals surface area contributed by atoms with Crippen molar-refractivity contribution in [1.82, 2.24) is 19.5 Å². The molecule has 1 aliphatic rings. The number of nitrogens with two attached hydrogens (primary N) is 1. The van der Waals surface area contributed by atoms with Gasteiger partial charge in [-0.25, -0.2) is 4.98 Å². The van der Waals surface area contributed by atoms with Crippen molar-refractivity contribution in [2.24, 2.45) is 5.92 Å². The molecule has 2 aromatic rings. The van der Waals surface area contributed by atoms with Crippen molar-refractivity contribution >= 4 is 28.6 Å². The molecule has 0 saturated carbocycles. The minimum absolute atomic E-state index is 0.0982. The Balaban J connectivity index is 2.02. The van der Waals surface area contributed by atoms with Gasteiger partial charge in [-0.1, -0.05) is 6.92 Å². The van der Waals surface area contributed by atoms with E-state index in [4.69, 9.17) is 26.8 Å². The maximum atomic E-state index is 5.84. The van der Waals surface area contributed by atoms with Gasteiger partial charge in [0.15, 0.2) is 17.8 Å². The maximum absolute atomic E-state index is 5.84. The number of ether oxygens (including phenoxy) is 2. The summed E-state index contributed by atoms with van der Waals surface area (Å²) in [5.74, 6) is 0.560. The molecule has 0 amide bonds. The van der Waals surface area contributed by atoms with E-state index in [-0.39, 0.29) is 23.6 Å². The molecule has 3 atom stereocenters. The van der Waals surface area contributed by atoms with Gasteiger partial charge >= 0.3 is 0 Å². The third-order valence-electron chi connectivity index (χ3n) is 3.29. The Kier molecular flexibility index (Phi) is 3.04. The van der Waals surface area contributed by atoms with Crippen molar-refractivity contribution in [2.45, 2.75) is 25.9 Å². The molecule has 7 nitrogen and oxygen atoms in total. The van der Waals surface area contributed by atoms with Crippen LogP contribution in [0.15, 0.2) is 6.33 Å². The number of nitrogen functional groups attached to an aromatic ring is 1. The summed E-state index contributed by atoms with van der Waals surface area (Å²) in [6.45, 7) is 2.07. The summed E-state index contributed by atoms with van der Waals surface area (Å²) in [6, 6.07) is 0. The van der Waals surface area contributed by atoms with Crippen LogP contribution in [-0.4, -0.2) is 32.9 Å². The molecule has 0 spiro atoms. The van der Waals surface area contributed by atoms with Crippen molar-refractivity contribution in [1.29, 1.82) is 0 Å². The number of methoxy groups -OCH3 is 1. The fourth-order valence-electron chi connectivity index (χ4n) is 2.36. The second kappa shape index (κ2) is 4.59. The van der Waals surface area contributed by atoms with E-state index in [1.54, 1.807) is 13.4 Å². The van der Waals surface area contributed by atoms with Gasteiger partial charge in [-0.15, -0.1) is 0 Å². The van der Waals surface area contributed by atoms with E-state index in [0.29, 0.717) is 17.1 Å². The van der Waals surface area contributed by atoms with Crippen LogP contribution in [-0.2, 0) is 9.47 Å². The van der Waals surface area contributed by atoms with Gasteiger partial charge in [-0.3, -0.25) is 4.57 Å². The number of halogens is 1. The normalized spacial score (nSPS) is 27.2. The molecule has 0 radical (unpaired) electrons. The molecular weight excluding hydrogens is 270 g/mol. The molecule has 0 unspecified atom stereocenters. The highest BCUT2D eigenvalue weighted by molar-refractivity contribution is 6.28. The smallest absolute Gasteiger partial charge is 0.226 e. The Labute approximate surface area is 114 Å². The molecule has 0 aromatic carbocycles. The van der Waals surface area contributed by atoms with Gasteiger partial charge in [0.1, 0.15) is 11.7 Å². The van der Waals surface area contributed by atoms with Gasteiger partial charge in [0.2, 0.25) is 5.28 Å².